The summed E-state index contributed by atoms with van der Waals surface area (Å²) in [4.78, 5) is 236. The molecule has 27 N–H and O–H groups in total. The molecular weight excluding hydrogens is 1620 g/mol. The Morgan fingerprint density at radius 3 is 0.808 bits per heavy atom. The summed E-state index contributed by atoms with van der Waals surface area (Å²) in [7, 11) is 0. The van der Waals surface area contributed by atoms with Gasteiger partial charge in [-0.3, -0.25) is 76.7 Å². The lowest BCUT2D eigenvalue weighted by Gasteiger charge is -2.30. The minimum absolute atomic E-state index is 0.0135. The fraction of sp³-hybridized carbons (Fsp3) is 0.593. The molecule has 0 unspecified atom stereocenters. The molecule has 0 aliphatic heterocycles. The number of rotatable bonds is 63. The second-order valence-electron chi connectivity index (χ2n) is 32.3. The smallest absolute Gasteiger partial charge is 0.326 e. The number of carbonyl (C=O) groups excluding carboxylic acids is 13. The second kappa shape index (κ2) is 58.6. The molecule has 125 heavy (non-hydrogen) atoms. The summed E-state index contributed by atoms with van der Waals surface area (Å²) < 4.78 is 0. The van der Waals surface area contributed by atoms with Gasteiger partial charge in [0.1, 0.15) is 78.5 Å². The van der Waals surface area contributed by atoms with Crippen LogP contribution in [0, 0.1) is 17.8 Å². The average Bonchev–Trinajstić information content (AvgIpc) is 0.852. The van der Waals surface area contributed by atoms with Crippen LogP contribution in [0.2, 0.25) is 0 Å². The molecule has 0 saturated heterocycles. The molecule has 3 aromatic carbocycles. The van der Waals surface area contributed by atoms with E-state index < -0.39 is 230 Å². The highest BCUT2D eigenvalue weighted by molar-refractivity contribution is 6.00. The molecule has 13 amide bonds. The van der Waals surface area contributed by atoms with Gasteiger partial charge in [0.05, 0.1) is 6.04 Å². The number of aliphatic carboxylic acids is 4. The minimum Gasteiger partial charge on any atom is -0.481 e. The lowest BCUT2D eigenvalue weighted by molar-refractivity contribution is -0.142. The van der Waals surface area contributed by atoms with Crippen molar-refractivity contribution in [2.24, 2.45) is 46.4 Å². The van der Waals surface area contributed by atoms with Gasteiger partial charge in [-0.1, -0.05) is 133 Å². The summed E-state index contributed by atoms with van der Waals surface area (Å²) in [5, 5.41) is 73.1. The summed E-state index contributed by atoms with van der Waals surface area (Å²) in [5.74, 6) is -18.9. The number of hydrogen-bond donors (Lipinski definition) is 22. The third-order valence-electron chi connectivity index (χ3n) is 20.3. The maximum Gasteiger partial charge on any atom is 0.326 e. The number of nitrogens with two attached hydrogens (primary N) is 5. The molecule has 39 nitrogen and oxygen atoms in total. The Bertz CT molecular complexity index is 3960. The van der Waals surface area contributed by atoms with E-state index in [2.05, 4.69) is 69.1 Å². The van der Waals surface area contributed by atoms with Crippen molar-refractivity contribution in [3.63, 3.8) is 0 Å². The topological polar surface area (TPSA) is 658 Å². The van der Waals surface area contributed by atoms with Gasteiger partial charge >= 0.3 is 23.9 Å². The Kier molecular flexibility index (Phi) is 50.4. The summed E-state index contributed by atoms with van der Waals surface area (Å²) in [5.41, 5.74) is 31.3. The maximum absolute atomic E-state index is 14.9. The molecule has 694 valence electrons. The normalized spacial score (nSPS) is 14.6. The fourth-order valence-electron chi connectivity index (χ4n) is 13.3. The van der Waals surface area contributed by atoms with Gasteiger partial charge in [0.2, 0.25) is 76.8 Å². The molecule has 14 atom stereocenters. The number of carboxylic acids is 4. The van der Waals surface area contributed by atoms with Gasteiger partial charge in [0, 0.05) is 38.5 Å². The lowest BCUT2D eigenvalue weighted by atomic mass is 9.98. The van der Waals surface area contributed by atoms with Crippen molar-refractivity contribution < 1.29 is 102 Å². The van der Waals surface area contributed by atoms with Crippen LogP contribution < -0.4 is 97.8 Å². The predicted molar refractivity (Wildman–Crippen MR) is 463 cm³/mol. The van der Waals surface area contributed by atoms with Crippen LogP contribution >= 0.6 is 0 Å². The molecular formula is C86H134N18O21. The van der Waals surface area contributed by atoms with Gasteiger partial charge in [-0.05, 0) is 177 Å². The standard InChI is InChI=1S/C86H134N18O21/c1-50(2)45-57(91)74(112)100-66(47-54-25-11-8-12-26-54)83(121)95-59(32-18-22-42-88)77(115)98-63(36-39-70(107)108)79(117)94-61(34-20-24-44-90)81(119)104-72(52(5)6)85(123)102-65(46-51(3)4)82(120)99-64(37-40-71(109)110)80(118)93-60(33-19-23-43-89)78(116)101-67(48-55-27-13-9-14-28-55)84(122)96-58(31-17-21-41-87)76(114)97-62(35-38-69(105)106)75(113)92-53(7)73(111)103-68(86(124)125)49-56-29-15-10-16-30-56/h8-16,25-30,50-53,57-68,72H,17-24,31-49,87-91H2,1-7H3,(H,92,113)(H,93,118)(H,94,117)(H,95,121)(H,96,122)(H,97,114)(H,98,115)(H,99,120)(H,100,112)(H,101,116)(H,102,123)(H,103,111)(H,104,119)(H,105,106)(H,107,108)(H,109,110)(H,124,125)/t53-,57-,58-,59-,60-,61-,62-,63-,64-,65-,66-,67-,68-,72-/m0/s1. The van der Waals surface area contributed by atoms with Gasteiger partial charge in [0.15, 0.2) is 0 Å². The second-order valence-corrected chi connectivity index (χ2v) is 32.3. The summed E-state index contributed by atoms with van der Waals surface area (Å²) in [6.07, 6.45) is -2.10. The number of benzene rings is 3. The van der Waals surface area contributed by atoms with Crippen LogP contribution in [0.25, 0.3) is 0 Å². The van der Waals surface area contributed by atoms with E-state index in [0.717, 1.165) is 0 Å². The molecule has 0 aromatic heterocycles. The van der Waals surface area contributed by atoms with Crippen LogP contribution in [0.3, 0.4) is 0 Å². The molecule has 0 saturated carbocycles. The van der Waals surface area contributed by atoms with Crippen molar-refractivity contribution >= 4 is 101 Å². The SMILES string of the molecule is CC(C)C[C@H](NC(=O)[C@@H](NC(=O)[C@H](CCCCN)NC(=O)[C@H](CCC(=O)O)NC(=O)[C@H](CCCCN)NC(=O)[C@H](Cc1ccccc1)NC(=O)[C@@H](N)CC(C)C)C(C)C)C(=O)N[C@@H](CCC(=O)O)C(=O)N[C@@H](CCCCN)C(=O)N[C@@H](Cc1ccccc1)C(=O)N[C@@H](CCCCN)C(=O)N[C@@H](CCC(=O)O)C(=O)N[C@@H](C)C(=O)N[C@@H](Cc1ccccc1)C(=O)O. The van der Waals surface area contributed by atoms with E-state index in [1.54, 1.807) is 119 Å². The Morgan fingerprint density at radius 2 is 0.520 bits per heavy atom. The molecule has 0 bridgehead atoms. The van der Waals surface area contributed by atoms with E-state index in [1.807, 2.05) is 13.8 Å². The van der Waals surface area contributed by atoms with Crippen molar-refractivity contribution in [2.75, 3.05) is 26.2 Å². The third-order valence-corrected chi connectivity index (χ3v) is 20.3. The van der Waals surface area contributed by atoms with Crippen molar-refractivity contribution in [3.8, 4) is 0 Å². The Morgan fingerprint density at radius 1 is 0.272 bits per heavy atom. The first-order chi connectivity index (χ1) is 59.3. The highest BCUT2D eigenvalue weighted by atomic mass is 16.4. The monoisotopic (exact) mass is 1750 g/mol. The van der Waals surface area contributed by atoms with Crippen molar-refractivity contribution in [2.45, 2.75) is 281 Å². The van der Waals surface area contributed by atoms with E-state index >= 15 is 0 Å². The Hall–Kier alpha value is -11.6. The molecule has 3 rings (SSSR count). The zero-order valence-corrected chi connectivity index (χ0v) is 72.7. The lowest BCUT2D eigenvalue weighted by Crippen LogP contribution is -2.61. The van der Waals surface area contributed by atoms with E-state index in [0.29, 0.717) is 48.8 Å². The number of hydrogen-bond acceptors (Lipinski definition) is 22. The fourth-order valence-corrected chi connectivity index (χ4v) is 13.3. The van der Waals surface area contributed by atoms with Crippen LogP contribution in [0.1, 0.15) is 194 Å². The number of unbranched alkanes of at least 4 members (excludes halogenated alkanes) is 4. The van der Waals surface area contributed by atoms with Crippen LogP contribution in [-0.2, 0) is 101 Å². The average molecular weight is 1760 g/mol. The Balaban J connectivity index is 1.99. The largest absolute Gasteiger partial charge is 0.481 e. The number of amides is 13. The highest BCUT2D eigenvalue weighted by Crippen LogP contribution is 2.17. The Labute approximate surface area is 729 Å². The summed E-state index contributed by atoms with van der Waals surface area (Å²) in [6, 6.07) is 4.71. The summed E-state index contributed by atoms with van der Waals surface area (Å²) >= 11 is 0. The number of carboxylic acid groups (broad SMARTS) is 4. The van der Waals surface area contributed by atoms with E-state index in [4.69, 9.17) is 28.7 Å². The van der Waals surface area contributed by atoms with Gasteiger partial charge < -0.3 is 118 Å². The van der Waals surface area contributed by atoms with E-state index in [1.165, 1.54) is 6.92 Å². The molecule has 0 spiro atoms. The van der Waals surface area contributed by atoms with Crippen LogP contribution in [0.15, 0.2) is 91.0 Å². The zero-order valence-electron chi connectivity index (χ0n) is 72.7. The molecule has 0 radical (unpaired) electrons. The summed E-state index contributed by atoms with van der Waals surface area (Å²) in [6.45, 7) is 12.1. The van der Waals surface area contributed by atoms with Crippen LogP contribution in [0.5, 0.6) is 0 Å². The first-order valence-corrected chi connectivity index (χ1v) is 42.8. The van der Waals surface area contributed by atoms with Crippen molar-refractivity contribution in [1.82, 2.24) is 69.1 Å². The van der Waals surface area contributed by atoms with Gasteiger partial charge in [-0.2, -0.15) is 0 Å². The quantitative estimate of drug-likeness (QED) is 0.0311. The van der Waals surface area contributed by atoms with Crippen molar-refractivity contribution in [3.05, 3.63) is 108 Å². The molecule has 0 fully saturated rings. The molecule has 39 heteroatoms. The number of nitrogens with one attached hydrogen (secondary N) is 13. The van der Waals surface area contributed by atoms with Gasteiger partial charge in [-0.25, -0.2) is 4.79 Å². The van der Waals surface area contributed by atoms with E-state index in [9.17, 15) is 102 Å². The van der Waals surface area contributed by atoms with Crippen molar-refractivity contribution in [1.29, 1.82) is 0 Å². The predicted octanol–water partition coefficient (Wildman–Crippen LogP) is -0.693. The van der Waals surface area contributed by atoms with Gasteiger partial charge in [-0.15, -0.1) is 0 Å². The van der Waals surface area contributed by atoms with Gasteiger partial charge in [0.25, 0.3) is 0 Å². The van der Waals surface area contributed by atoms with Crippen LogP contribution in [-0.4, -0.2) is 232 Å². The maximum atomic E-state index is 14.9. The first kappa shape index (κ1) is 108. The third kappa shape index (κ3) is 42.6. The molecule has 0 heterocycles. The molecule has 0 aliphatic carbocycles. The number of carbonyl (C=O) groups is 17. The molecule has 0 aliphatic rings. The van der Waals surface area contributed by atoms with Crippen LogP contribution in [0.4, 0.5) is 0 Å². The molecule has 3 aromatic rings. The first-order valence-electron chi connectivity index (χ1n) is 42.8. The van der Waals surface area contributed by atoms with E-state index in [-0.39, 0.29) is 115 Å². The highest BCUT2D eigenvalue weighted by Gasteiger charge is 2.39. The minimum atomic E-state index is -1.75. The zero-order chi connectivity index (χ0) is 93.3.